The summed E-state index contributed by atoms with van der Waals surface area (Å²) in [6, 6.07) is 1.78. The maximum Gasteiger partial charge on any atom is 0.206 e. The molecular weight excluding hydrogens is 180 g/mol. The van der Waals surface area contributed by atoms with E-state index in [1.165, 1.54) is 4.80 Å². The number of tetrazole rings is 1. The second-order valence-corrected chi connectivity index (χ2v) is 3.03. The third-order valence-electron chi connectivity index (χ3n) is 1.88. The van der Waals surface area contributed by atoms with Gasteiger partial charge in [0.2, 0.25) is 5.82 Å². The van der Waals surface area contributed by atoms with Crippen molar-refractivity contribution in [3.63, 3.8) is 0 Å². The molecule has 2 aromatic heterocycles. The predicted molar refractivity (Wildman–Crippen MR) is 51.2 cm³/mol. The van der Waals surface area contributed by atoms with Gasteiger partial charge in [0.25, 0.3) is 0 Å². The molecule has 2 rings (SSSR count). The fraction of sp³-hybridized carbons (Fsp3) is 0.250. The van der Waals surface area contributed by atoms with E-state index in [2.05, 4.69) is 20.4 Å². The van der Waals surface area contributed by atoms with E-state index >= 15 is 0 Å². The average Bonchev–Trinajstić information content (AvgIpc) is 2.51. The van der Waals surface area contributed by atoms with Crippen molar-refractivity contribution in [2.75, 3.05) is 5.73 Å². The number of nitrogens with zero attached hydrogens (tertiary/aromatic N) is 5. The molecular formula is C8H10N6. The van der Waals surface area contributed by atoms with Crippen LogP contribution in [0.25, 0.3) is 11.4 Å². The van der Waals surface area contributed by atoms with Crippen molar-refractivity contribution in [3.8, 4) is 11.4 Å². The third kappa shape index (κ3) is 1.41. The molecule has 2 heterocycles. The van der Waals surface area contributed by atoms with Crippen LogP contribution < -0.4 is 5.73 Å². The molecule has 0 saturated heterocycles. The minimum absolute atomic E-state index is 0.496. The lowest BCUT2D eigenvalue weighted by atomic mass is 10.1. The quantitative estimate of drug-likeness (QED) is 0.692. The van der Waals surface area contributed by atoms with Gasteiger partial charge in [0.05, 0.1) is 7.05 Å². The van der Waals surface area contributed by atoms with Gasteiger partial charge in [-0.25, -0.2) is 4.98 Å². The van der Waals surface area contributed by atoms with Gasteiger partial charge in [-0.05, 0) is 23.8 Å². The van der Waals surface area contributed by atoms with Gasteiger partial charge < -0.3 is 5.73 Å². The van der Waals surface area contributed by atoms with Crippen LogP contribution in [0.4, 0.5) is 5.82 Å². The summed E-state index contributed by atoms with van der Waals surface area (Å²) in [6.45, 7) is 1.93. The molecule has 0 aliphatic rings. The number of anilines is 1. The predicted octanol–water partition coefficient (Wildman–Crippen LogP) is 0.163. The van der Waals surface area contributed by atoms with Crippen molar-refractivity contribution in [2.45, 2.75) is 6.92 Å². The largest absolute Gasteiger partial charge is 0.384 e. The van der Waals surface area contributed by atoms with E-state index in [9.17, 15) is 0 Å². The zero-order valence-corrected chi connectivity index (χ0v) is 7.97. The number of hydrogen-bond acceptors (Lipinski definition) is 5. The molecule has 0 aromatic carbocycles. The zero-order valence-electron chi connectivity index (χ0n) is 7.97. The monoisotopic (exact) mass is 190 g/mol. The molecule has 0 aliphatic heterocycles. The number of nitrogens with two attached hydrogens (primary N) is 1. The molecule has 0 radical (unpaired) electrons. The Morgan fingerprint density at radius 1 is 1.43 bits per heavy atom. The summed E-state index contributed by atoms with van der Waals surface area (Å²) in [7, 11) is 1.72. The zero-order chi connectivity index (χ0) is 10.1. The van der Waals surface area contributed by atoms with Crippen molar-refractivity contribution in [1.82, 2.24) is 25.2 Å². The lowest BCUT2D eigenvalue weighted by Gasteiger charge is -2.00. The third-order valence-corrected chi connectivity index (χ3v) is 1.88. The molecule has 14 heavy (non-hydrogen) atoms. The molecule has 2 aromatic rings. The van der Waals surface area contributed by atoms with Gasteiger partial charge in [-0.1, -0.05) is 0 Å². The van der Waals surface area contributed by atoms with Crippen LogP contribution in [0.5, 0.6) is 0 Å². The van der Waals surface area contributed by atoms with Gasteiger partial charge >= 0.3 is 0 Å². The van der Waals surface area contributed by atoms with E-state index in [1.807, 2.05) is 6.92 Å². The SMILES string of the molecule is Cc1cc(N)ncc1-c1nnn(C)n1. The molecule has 72 valence electrons. The van der Waals surface area contributed by atoms with Crippen molar-refractivity contribution >= 4 is 5.82 Å². The van der Waals surface area contributed by atoms with Gasteiger partial charge in [-0.2, -0.15) is 4.80 Å². The van der Waals surface area contributed by atoms with Crippen molar-refractivity contribution in [3.05, 3.63) is 17.8 Å². The van der Waals surface area contributed by atoms with E-state index in [4.69, 9.17) is 5.73 Å². The second-order valence-electron chi connectivity index (χ2n) is 3.03. The van der Waals surface area contributed by atoms with E-state index < -0.39 is 0 Å². The second kappa shape index (κ2) is 3.06. The van der Waals surface area contributed by atoms with Gasteiger partial charge in [0, 0.05) is 11.8 Å². The Kier molecular flexibility index (Phi) is 1.88. The Balaban J connectivity index is 2.52. The Labute approximate surface area is 80.8 Å². The highest BCUT2D eigenvalue weighted by Gasteiger charge is 2.07. The number of nitrogen functional groups attached to an aromatic ring is 1. The molecule has 0 spiro atoms. The number of aromatic nitrogens is 5. The van der Waals surface area contributed by atoms with Gasteiger partial charge in [0.1, 0.15) is 5.82 Å². The van der Waals surface area contributed by atoms with Gasteiger partial charge in [0.15, 0.2) is 0 Å². The fourth-order valence-electron chi connectivity index (χ4n) is 1.20. The first-order chi connectivity index (χ1) is 6.66. The summed E-state index contributed by atoms with van der Waals surface area (Å²) < 4.78 is 0. The molecule has 0 unspecified atom stereocenters. The normalized spacial score (nSPS) is 10.4. The summed E-state index contributed by atoms with van der Waals surface area (Å²) in [5, 5.41) is 11.7. The average molecular weight is 190 g/mol. The van der Waals surface area contributed by atoms with E-state index in [0.29, 0.717) is 11.6 Å². The lowest BCUT2D eigenvalue weighted by Crippen LogP contribution is -1.95. The number of pyridine rings is 1. The summed E-state index contributed by atoms with van der Waals surface area (Å²) in [4.78, 5) is 5.39. The molecule has 0 atom stereocenters. The van der Waals surface area contributed by atoms with Gasteiger partial charge in [-0.3, -0.25) is 0 Å². The standard InChI is InChI=1S/C8H10N6/c1-5-3-7(9)10-4-6(5)8-11-13-14(2)12-8/h3-4H,1-2H3,(H2,9,10). The Hall–Kier alpha value is -1.98. The Morgan fingerprint density at radius 2 is 2.21 bits per heavy atom. The maximum absolute atomic E-state index is 5.54. The fourth-order valence-corrected chi connectivity index (χ4v) is 1.20. The summed E-state index contributed by atoms with van der Waals surface area (Å²) in [6.07, 6.45) is 1.65. The van der Waals surface area contributed by atoms with Crippen LogP contribution in [-0.4, -0.2) is 25.2 Å². The van der Waals surface area contributed by atoms with Gasteiger partial charge in [-0.15, -0.1) is 10.2 Å². The highest BCUT2D eigenvalue weighted by molar-refractivity contribution is 5.59. The molecule has 6 heteroatoms. The summed E-state index contributed by atoms with van der Waals surface area (Å²) in [5.41, 5.74) is 7.38. The first-order valence-corrected chi connectivity index (χ1v) is 4.13. The van der Waals surface area contributed by atoms with Crippen molar-refractivity contribution < 1.29 is 0 Å². The van der Waals surface area contributed by atoms with Crippen LogP contribution in [0.3, 0.4) is 0 Å². The van der Waals surface area contributed by atoms with E-state index in [0.717, 1.165) is 11.1 Å². The number of rotatable bonds is 1. The van der Waals surface area contributed by atoms with E-state index in [1.54, 1.807) is 19.3 Å². The molecule has 6 nitrogen and oxygen atoms in total. The van der Waals surface area contributed by atoms with Crippen LogP contribution >= 0.6 is 0 Å². The first-order valence-electron chi connectivity index (χ1n) is 4.13. The van der Waals surface area contributed by atoms with Crippen LogP contribution in [0.15, 0.2) is 12.3 Å². The summed E-state index contributed by atoms with van der Waals surface area (Å²) >= 11 is 0. The molecule has 0 amide bonds. The molecule has 0 fully saturated rings. The highest BCUT2D eigenvalue weighted by atomic mass is 15.6. The summed E-state index contributed by atoms with van der Waals surface area (Å²) in [5.74, 6) is 1.06. The Morgan fingerprint density at radius 3 is 2.79 bits per heavy atom. The minimum atomic E-state index is 0.496. The molecule has 2 N–H and O–H groups in total. The van der Waals surface area contributed by atoms with Crippen LogP contribution in [0, 0.1) is 6.92 Å². The highest BCUT2D eigenvalue weighted by Crippen LogP contribution is 2.18. The molecule has 0 aliphatic carbocycles. The molecule has 0 saturated carbocycles. The van der Waals surface area contributed by atoms with E-state index in [-0.39, 0.29) is 0 Å². The topological polar surface area (TPSA) is 82.5 Å². The minimum Gasteiger partial charge on any atom is -0.384 e. The number of hydrogen-bond donors (Lipinski definition) is 1. The first kappa shape index (κ1) is 8.61. The maximum atomic E-state index is 5.54. The van der Waals surface area contributed by atoms with Crippen LogP contribution in [0.2, 0.25) is 0 Å². The van der Waals surface area contributed by atoms with Crippen LogP contribution in [-0.2, 0) is 7.05 Å². The number of aryl methyl sites for hydroxylation is 2. The van der Waals surface area contributed by atoms with Crippen molar-refractivity contribution in [1.29, 1.82) is 0 Å². The molecule has 0 bridgehead atoms. The lowest BCUT2D eigenvalue weighted by molar-refractivity contribution is 0.630. The van der Waals surface area contributed by atoms with Crippen molar-refractivity contribution in [2.24, 2.45) is 7.05 Å². The van der Waals surface area contributed by atoms with Crippen LogP contribution in [0.1, 0.15) is 5.56 Å². The smallest absolute Gasteiger partial charge is 0.206 e. The Bertz CT molecular complexity index is 461.